The van der Waals surface area contributed by atoms with E-state index in [0.29, 0.717) is 0 Å². The molecule has 0 spiro atoms. The van der Waals surface area contributed by atoms with Crippen LogP contribution in [0.5, 0.6) is 0 Å². The van der Waals surface area contributed by atoms with Crippen LogP contribution in [0.25, 0.3) is 0 Å². The summed E-state index contributed by atoms with van der Waals surface area (Å²) in [6.45, 7) is 6.50. The fourth-order valence-corrected chi connectivity index (χ4v) is 2.34. The Labute approximate surface area is 115 Å². The van der Waals surface area contributed by atoms with Crippen molar-refractivity contribution < 1.29 is 0 Å². The van der Waals surface area contributed by atoms with E-state index in [2.05, 4.69) is 38.5 Å². The van der Waals surface area contributed by atoms with Crippen molar-refractivity contribution in [2.24, 2.45) is 5.92 Å². The van der Waals surface area contributed by atoms with E-state index in [1.165, 1.54) is 12.8 Å². The monoisotopic (exact) mass is 263 g/mol. The SMILES string of the molecule is CNCCCNc1cc(N2CCC(C)CC2)ncn1. The maximum atomic E-state index is 4.39. The molecular formula is C14H25N5. The summed E-state index contributed by atoms with van der Waals surface area (Å²) in [4.78, 5) is 11.0. The van der Waals surface area contributed by atoms with Crippen molar-refractivity contribution in [2.45, 2.75) is 26.2 Å². The molecule has 0 unspecified atom stereocenters. The lowest BCUT2D eigenvalue weighted by Gasteiger charge is -2.31. The Balaban J connectivity index is 1.87. The van der Waals surface area contributed by atoms with E-state index < -0.39 is 0 Å². The summed E-state index contributed by atoms with van der Waals surface area (Å²) in [5.74, 6) is 2.83. The highest BCUT2D eigenvalue weighted by Gasteiger charge is 2.17. The largest absolute Gasteiger partial charge is 0.370 e. The van der Waals surface area contributed by atoms with Crippen molar-refractivity contribution in [3.63, 3.8) is 0 Å². The van der Waals surface area contributed by atoms with E-state index in [0.717, 1.165) is 50.2 Å². The third-order valence-electron chi connectivity index (χ3n) is 3.67. The second-order valence-electron chi connectivity index (χ2n) is 5.31. The van der Waals surface area contributed by atoms with Crippen molar-refractivity contribution in [3.8, 4) is 0 Å². The van der Waals surface area contributed by atoms with Crippen LogP contribution < -0.4 is 15.5 Å². The van der Waals surface area contributed by atoms with Crippen molar-refractivity contribution in [3.05, 3.63) is 12.4 Å². The molecule has 19 heavy (non-hydrogen) atoms. The molecule has 0 bridgehead atoms. The molecule has 1 aromatic rings. The Morgan fingerprint density at radius 3 is 2.79 bits per heavy atom. The van der Waals surface area contributed by atoms with Gasteiger partial charge in [0.25, 0.3) is 0 Å². The molecule has 1 aromatic heterocycles. The minimum atomic E-state index is 0.845. The van der Waals surface area contributed by atoms with Crippen LogP contribution in [0.15, 0.2) is 12.4 Å². The predicted octanol–water partition coefficient (Wildman–Crippen LogP) is 1.73. The van der Waals surface area contributed by atoms with E-state index in [1.807, 2.05) is 7.05 Å². The molecule has 1 aliphatic heterocycles. The smallest absolute Gasteiger partial charge is 0.134 e. The molecule has 0 radical (unpaired) electrons. The number of rotatable bonds is 6. The van der Waals surface area contributed by atoms with E-state index in [9.17, 15) is 0 Å². The van der Waals surface area contributed by atoms with E-state index >= 15 is 0 Å². The first-order chi connectivity index (χ1) is 9.29. The van der Waals surface area contributed by atoms with Crippen LogP contribution in [0.1, 0.15) is 26.2 Å². The number of aromatic nitrogens is 2. The highest BCUT2D eigenvalue weighted by Crippen LogP contribution is 2.22. The number of hydrogen-bond donors (Lipinski definition) is 2. The lowest BCUT2D eigenvalue weighted by atomic mass is 9.99. The molecular weight excluding hydrogens is 238 g/mol. The Hall–Kier alpha value is -1.36. The summed E-state index contributed by atoms with van der Waals surface area (Å²) in [6, 6.07) is 2.06. The van der Waals surface area contributed by atoms with Gasteiger partial charge in [-0.15, -0.1) is 0 Å². The normalized spacial score (nSPS) is 16.6. The minimum absolute atomic E-state index is 0.845. The van der Waals surface area contributed by atoms with E-state index in [4.69, 9.17) is 0 Å². The van der Waals surface area contributed by atoms with Gasteiger partial charge in [0, 0.05) is 25.7 Å². The zero-order valence-corrected chi connectivity index (χ0v) is 12.0. The fourth-order valence-electron chi connectivity index (χ4n) is 2.34. The molecule has 0 atom stereocenters. The van der Waals surface area contributed by atoms with Gasteiger partial charge < -0.3 is 15.5 Å². The standard InChI is InChI=1S/C14H25N5/c1-12-4-8-19(9-5-12)14-10-13(17-11-18-14)16-7-3-6-15-2/h10-12,15H,3-9H2,1-2H3,(H,16,17,18). The molecule has 0 saturated carbocycles. The quantitative estimate of drug-likeness (QED) is 0.766. The van der Waals surface area contributed by atoms with Crippen LogP contribution in [0.2, 0.25) is 0 Å². The number of nitrogens with one attached hydrogen (secondary N) is 2. The third-order valence-corrected chi connectivity index (χ3v) is 3.67. The van der Waals surface area contributed by atoms with E-state index in [1.54, 1.807) is 6.33 Å². The minimum Gasteiger partial charge on any atom is -0.370 e. The molecule has 0 aliphatic carbocycles. The fraction of sp³-hybridized carbons (Fsp3) is 0.714. The molecule has 0 aromatic carbocycles. The average Bonchev–Trinajstić information content (AvgIpc) is 2.45. The number of hydrogen-bond acceptors (Lipinski definition) is 5. The van der Waals surface area contributed by atoms with Crippen LogP contribution in [0, 0.1) is 5.92 Å². The molecule has 2 rings (SSSR count). The molecule has 5 nitrogen and oxygen atoms in total. The Bertz CT molecular complexity index is 374. The zero-order valence-electron chi connectivity index (χ0n) is 12.0. The number of anilines is 2. The molecule has 0 amide bonds. The molecule has 1 fully saturated rings. The first-order valence-electron chi connectivity index (χ1n) is 7.25. The van der Waals surface area contributed by atoms with Crippen LogP contribution in [0.4, 0.5) is 11.6 Å². The Morgan fingerprint density at radius 1 is 1.26 bits per heavy atom. The van der Waals surface area contributed by atoms with Crippen molar-refractivity contribution in [1.29, 1.82) is 0 Å². The van der Waals surface area contributed by atoms with E-state index in [-0.39, 0.29) is 0 Å². The lowest BCUT2D eigenvalue weighted by molar-refractivity contribution is 0.436. The highest BCUT2D eigenvalue weighted by molar-refractivity contribution is 5.48. The van der Waals surface area contributed by atoms with Crippen LogP contribution in [0.3, 0.4) is 0 Å². The van der Waals surface area contributed by atoms with Gasteiger partial charge in [0.2, 0.25) is 0 Å². The van der Waals surface area contributed by atoms with Gasteiger partial charge in [-0.2, -0.15) is 0 Å². The molecule has 1 aliphatic rings. The zero-order chi connectivity index (χ0) is 13.5. The molecule has 1 saturated heterocycles. The summed E-state index contributed by atoms with van der Waals surface area (Å²) in [5, 5.41) is 6.49. The topological polar surface area (TPSA) is 53.1 Å². The summed E-state index contributed by atoms with van der Waals surface area (Å²) in [5.41, 5.74) is 0. The highest BCUT2D eigenvalue weighted by atomic mass is 15.2. The van der Waals surface area contributed by atoms with Gasteiger partial charge in [-0.3, -0.25) is 0 Å². The maximum Gasteiger partial charge on any atom is 0.134 e. The van der Waals surface area contributed by atoms with Crippen LogP contribution in [-0.4, -0.2) is 43.2 Å². The lowest BCUT2D eigenvalue weighted by Crippen LogP contribution is -2.33. The average molecular weight is 263 g/mol. The van der Waals surface area contributed by atoms with Gasteiger partial charge in [-0.05, 0) is 38.8 Å². The summed E-state index contributed by atoms with van der Waals surface area (Å²) in [7, 11) is 1.97. The summed E-state index contributed by atoms with van der Waals surface area (Å²) in [6.07, 6.45) is 5.27. The first-order valence-corrected chi connectivity index (χ1v) is 7.25. The summed E-state index contributed by atoms with van der Waals surface area (Å²) < 4.78 is 0. The Morgan fingerprint density at radius 2 is 2.05 bits per heavy atom. The molecule has 106 valence electrons. The van der Waals surface area contributed by atoms with Gasteiger partial charge in [-0.25, -0.2) is 9.97 Å². The second-order valence-corrected chi connectivity index (χ2v) is 5.31. The van der Waals surface area contributed by atoms with Crippen molar-refractivity contribution >= 4 is 11.6 Å². The molecule has 5 heteroatoms. The number of nitrogens with zero attached hydrogens (tertiary/aromatic N) is 3. The van der Waals surface area contributed by atoms with Gasteiger partial charge >= 0.3 is 0 Å². The van der Waals surface area contributed by atoms with Crippen molar-refractivity contribution in [1.82, 2.24) is 15.3 Å². The Kier molecular flexibility index (Phi) is 5.39. The van der Waals surface area contributed by atoms with Crippen LogP contribution >= 0.6 is 0 Å². The predicted molar refractivity (Wildman–Crippen MR) is 79.7 cm³/mol. The van der Waals surface area contributed by atoms with Crippen LogP contribution in [-0.2, 0) is 0 Å². The number of piperidine rings is 1. The maximum absolute atomic E-state index is 4.39. The third kappa shape index (κ3) is 4.35. The molecule has 2 N–H and O–H groups in total. The van der Waals surface area contributed by atoms with Gasteiger partial charge in [0.05, 0.1) is 0 Å². The van der Waals surface area contributed by atoms with Gasteiger partial charge in [-0.1, -0.05) is 6.92 Å². The molecule has 2 heterocycles. The first kappa shape index (κ1) is 14.1. The second kappa shape index (κ2) is 7.28. The summed E-state index contributed by atoms with van der Waals surface area (Å²) >= 11 is 0. The van der Waals surface area contributed by atoms with Gasteiger partial charge in [0.1, 0.15) is 18.0 Å². The van der Waals surface area contributed by atoms with Crippen molar-refractivity contribution in [2.75, 3.05) is 43.4 Å². The van der Waals surface area contributed by atoms with Gasteiger partial charge in [0.15, 0.2) is 0 Å².